The molecular formula is C14H18ClN3O. The van der Waals surface area contributed by atoms with Gasteiger partial charge in [-0.05, 0) is 37.0 Å². The first-order valence-electron chi connectivity index (χ1n) is 6.86. The molecule has 5 heteroatoms. The van der Waals surface area contributed by atoms with Gasteiger partial charge in [-0.3, -0.25) is 4.79 Å². The van der Waals surface area contributed by atoms with Crippen molar-refractivity contribution in [3.8, 4) is 0 Å². The Bertz CT molecular complexity index is 494. The molecule has 2 saturated carbocycles. The maximum atomic E-state index is 11.1. The van der Waals surface area contributed by atoms with Crippen molar-refractivity contribution in [2.45, 2.75) is 25.7 Å². The van der Waals surface area contributed by atoms with Crippen LogP contribution in [0, 0.1) is 17.8 Å². The summed E-state index contributed by atoms with van der Waals surface area (Å²) in [5.41, 5.74) is 0.398. The van der Waals surface area contributed by atoms with Gasteiger partial charge in [-0.25, -0.2) is 9.97 Å². The van der Waals surface area contributed by atoms with Crippen LogP contribution in [0.15, 0.2) is 6.33 Å². The molecule has 0 amide bonds. The van der Waals surface area contributed by atoms with Gasteiger partial charge >= 0.3 is 0 Å². The van der Waals surface area contributed by atoms with Crippen LogP contribution >= 0.6 is 11.6 Å². The van der Waals surface area contributed by atoms with Gasteiger partial charge in [0.25, 0.3) is 0 Å². The maximum Gasteiger partial charge on any atom is 0.156 e. The molecule has 2 aliphatic carbocycles. The van der Waals surface area contributed by atoms with Crippen LogP contribution in [0.25, 0.3) is 0 Å². The quantitative estimate of drug-likeness (QED) is 0.628. The summed E-state index contributed by atoms with van der Waals surface area (Å²) >= 11 is 5.94. The van der Waals surface area contributed by atoms with Gasteiger partial charge in [0.05, 0.1) is 5.56 Å². The Balaban J connectivity index is 1.75. The zero-order chi connectivity index (χ0) is 13.4. The number of carbonyl (C=O) groups is 1. The molecule has 0 aromatic carbocycles. The second-order valence-electron chi connectivity index (χ2n) is 5.84. The van der Waals surface area contributed by atoms with E-state index in [0.29, 0.717) is 11.4 Å². The second-order valence-corrected chi connectivity index (χ2v) is 6.19. The lowest BCUT2D eigenvalue weighted by Gasteiger charge is -2.28. The normalized spacial score (nSPS) is 28.6. The highest BCUT2D eigenvalue weighted by atomic mass is 35.5. The second kappa shape index (κ2) is 5.08. The maximum absolute atomic E-state index is 11.1. The summed E-state index contributed by atoms with van der Waals surface area (Å²) < 4.78 is 0. The first-order valence-corrected chi connectivity index (χ1v) is 7.23. The molecule has 1 heterocycles. The summed E-state index contributed by atoms with van der Waals surface area (Å²) in [7, 11) is 1.98. The third kappa shape index (κ3) is 2.34. The minimum absolute atomic E-state index is 0.236. The van der Waals surface area contributed by atoms with Gasteiger partial charge in [0.2, 0.25) is 0 Å². The molecule has 0 radical (unpaired) electrons. The molecule has 19 heavy (non-hydrogen) atoms. The van der Waals surface area contributed by atoms with Gasteiger partial charge in [-0.15, -0.1) is 0 Å². The number of aromatic nitrogens is 2. The third-order valence-corrected chi connectivity index (χ3v) is 4.99. The molecule has 3 rings (SSSR count). The Labute approximate surface area is 118 Å². The van der Waals surface area contributed by atoms with E-state index in [1.165, 1.54) is 32.0 Å². The van der Waals surface area contributed by atoms with E-state index in [0.717, 1.165) is 30.6 Å². The largest absolute Gasteiger partial charge is 0.359 e. The van der Waals surface area contributed by atoms with Crippen LogP contribution in [0.4, 0.5) is 5.82 Å². The number of halogens is 1. The highest BCUT2D eigenvalue weighted by molar-refractivity contribution is 6.32. The van der Waals surface area contributed by atoms with Crippen molar-refractivity contribution in [2.75, 3.05) is 18.5 Å². The predicted octanol–water partition coefficient (Wildman–Crippen LogP) is 2.81. The molecule has 2 bridgehead atoms. The first kappa shape index (κ1) is 12.9. The lowest BCUT2D eigenvalue weighted by Crippen LogP contribution is -2.30. The van der Waals surface area contributed by atoms with E-state index in [1.807, 2.05) is 7.05 Å². The molecule has 1 aromatic rings. The van der Waals surface area contributed by atoms with E-state index in [1.54, 1.807) is 0 Å². The molecule has 0 aliphatic heterocycles. The van der Waals surface area contributed by atoms with E-state index in [9.17, 15) is 4.79 Å². The highest BCUT2D eigenvalue weighted by Crippen LogP contribution is 2.48. The molecule has 4 nitrogen and oxygen atoms in total. The summed E-state index contributed by atoms with van der Waals surface area (Å²) in [5.74, 6) is 3.18. The Morgan fingerprint density at radius 1 is 1.42 bits per heavy atom. The van der Waals surface area contributed by atoms with Crippen molar-refractivity contribution in [3.05, 3.63) is 17.0 Å². The topological polar surface area (TPSA) is 46.1 Å². The van der Waals surface area contributed by atoms with Crippen LogP contribution in [0.5, 0.6) is 0 Å². The van der Waals surface area contributed by atoms with Crippen molar-refractivity contribution in [2.24, 2.45) is 17.8 Å². The standard InChI is InChI=1S/C14H18ClN3O/c1-18(6-11-5-9-2-3-10(11)4-9)14-12(7-19)13(15)16-8-17-14/h7-11H,2-6H2,1H3. The minimum atomic E-state index is 0.236. The molecule has 0 spiro atoms. The number of hydrogen-bond acceptors (Lipinski definition) is 4. The van der Waals surface area contributed by atoms with Crippen molar-refractivity contribution < 1.29 is 4.79 Å². The number of nitrogens with zero attached hydrogens (tertiary/aromatic N) is 3. The zero-order valence-corrected chi connectivity index (χ0v) is 11.8. The van der Waals surface area contributed by atoms with Gasteiger partial charge in [-0.2, -0.15) is 0 Å². The van der Waals surface area contributed by atoms with E-state index >= 15 is 0 Å². The Morgan fingerprint density at radius 3 is 2.89 bits per heavy atom. The van der Waals surface area contributed by atoms with E-state index < -0.39 is 0 Å². The average Bonchev–Trinajstić information content (AvgIpc) is 3.00. The summed E-state index contributed by atoms with van der Waals surface area (Å²) in [6, 6.07) is 0. The van der Waals surface area contributed by atoms with E-state index in [2.05, 4.69) is 14.9 Å². The van der Waals surface area contributed by atoms with Gasteiger partial charge < -0.3 is 4.90 Å². The number of carbonyl (C=O) groups excluding carboxylic acids is 1. The van der Waals surface area contributed by atoms with Crippen molar-refractivity contribution >= 4 is 23.7 Å². The average molecular weight is 280 g/mol. The predicted molar refractivity (Wildman–Crippen MR) is 74.6 cm³/mol. The smallest absolute Gasteiger partial charge is 0.156 e. The van der Waals surface area contributed by atoms with Crippen LogP contribution < -0.4 is 4.90 Å². The highest BCUT2D eigenvalue weighted by Gasteiger charge is 2.39. The fraction of sp³-hybridized carbons (Fsp3) is 0.643. The molecule has 2 aliphatic rings. The summed E-state index contributed by atoms with van der Waals surface area (Å²) in [5, 5.41) is 0.236. The summed E-state index contributed by atoms with van der Waals surface area (Å²) in [6.07, 6.45) is 7.66. The number of aldehydes is 1. The van der Waals surface area contributed by atoms with Gasteiger partial charge in [0.15, 0.2) is 6.29 Å². The SMILES string of the molecule is CN(CC1CC2CCC1C2)c1ncnc(Cl)c1C=O. The fourth-order valence-corrected chi connectivity index (χ4v) is 3.98. The molecule has 2 fully saturated rings. The molecule has 1 aromatic heterocycles. The molecule has 0 N–H and O–H groups in total. The van der Waals surface area contributed by atoms with Crippen LogP contribution in [-0.4, -0.2) is 29.8 Å². The Hall–Kier alpha value is -1.16. The molecule has 0 saturated heterocycles. The first-order chi connectivity index (χ1) is 9.19. The summed E-state index contributed by atoms with van der Waals surface area (Å²) in [4.78, 5) is 21.3. The molecule has 3 atom stereocenters. The van der Waals surface area contributed by atoms with Gasteiger partial charge in [0.1, 0.15) is 17.3 Å². The third-order valence-electron chi connectivity index (χ3n) is 4.69. The van der Waals surface area contributed by atoms with E-state index in [4.69, 9.17) is 11.6 Å². The number of rotatable bonds is 4. The van der Waals surface area contributed by atoms with Crippen molar-refractivity contribution in [3.63, 3.8) is 0 Å². The van der Waals surface area contributed by atoms with Crippen molar-refractivity contribution in [1.29, 1.82) is 0 Å². The van der Waals surface area contributed by atoms with Gasteiger partial charge in [-0.1, -0.05) is 18.0 Å². The number of fused-ring (bicyclic) bond motifs is 2. The van der Waals surface area contributed by atoms with Crippen LogP contribution in [0.2, 0.25) is 5.15 Å². The van der Waals surface area contributed by atoms with Crippen molar-refractivity contribution in [1.82, 2.24) is 9.97 Å². The lowest BCUT2D eigenvalue weighted by molar-refractivity contribution is 0.112. The summed E-state index contributed by atoms with van der Waals surface area (Å²) in [6.45, 7) is 0.954. The number of hydrogen-bond donors (Lipinski definition) is 0. The monoisotopic (exact) mass is 279 g/mol. The molecule has 3 unspecified atom stereocenters. The van der Waals surface area contributed by atoms with E-state index in [-0.39, 0.29) is 5.15 Å². The Kier molecular flexibility index (Phi) is 3.44. The Morgan fingerprint density at radius 2 is 2.26 bits per heavy atom. The number of anilines is 1. The molecular weight excluding hydrogens is 262 g/mol. The van der Waals surface area contributed by atoms with Crippen LogP contribution in [0.1, 0.15) is 36.0 Å². The van der Waals surface area contributed by atoms with Gasteiger partial charge in [0, 0.05) is 13.6 Å². The lowest BCUT2D eigenvalue weighted by atomic mass is 9.88. The van der Waals surface area contributed by atoms with Crippen LogP contribution in [-0.2, 0) is 0 Å². The van der Waals surface area contributed by atoms with Crippen LogP contribution in [0.3, 0.4) is 0 Å². The minimum Gasteiger partial charge on any atom is -0.359 e. The molecule has 102 valence electrons. The fourth-order valence-electron chi connectivity index (χ4n) is 3.81. The zero-order valence-electron chi connectivity index (χ0n) is 11.1.